The molecule has 37 heavy (non-hydrogen) atoms. The van der Waals surface area contributed by atoms with Gasteiger partial charge in [0.15, 0.2) is 5.69 Å². The van der Waals surface area contributed by atoms with Crippen LogP contribution in [0.15, 0.2) is 66.2 Å². The number of thiazole rings is 1. The van der Waals surface area contributed by atoms with Crippen molar-refractivity contribution in [3.8, 4) is 5.69 Å². The Kier molecular flexibility index (Phi) is 6.84. The van der Waals surface area contributed by atoms with Crippen molar-refractivity contribution in [2.24, 2.45) is 5.73 Å². The molecule has 0 bridgehead atoms. The van der Waals surface area contributed by atoms with Crippen LogP contribution < -0.4 is 11.1 Å². The first kappa shape index (κ1) is 25.1. The van der Waals surface area contributed by atoms with E-state index in [1.54, 1.807) is 47.9 Å². The van der Waals surface area contributed by atoms with Gasteiger partial charge in [0.05, 0.1) is 11.7 Å². The molecule has 1 saturated carbocycles. The summed E-state index contributed by atoms with van der Waals surface area (Å²) in [7, 11) is 2.06. The summed E-state index contributed by atoms with van der Waals surface area (Å²) < 4.78 is 41.6. The molecule has 1 aliphatic rings. The summed E-state index contributed by atoms with van der Waals surface area (Å²) in [6.07, 6.45) is -0.713. The number of hydrogen-bond acceptors (Lipinski definition) is 6. The Morgan fingerprint density at radius 1 is 1.22 bits per heavy atom. The van der Waals surface area contributed by atoms with Crippen LogP contribution >= 0.6 is 11.3 Å². The van der Waals surface area contributed by atoms with E-state index in [2.05, 4.69) is 27.3 Å². The van der Waals surface area contributed by atoms with Crippen molar-refractivity contribution in [1.82, 2.24) is 19.7 Å². The lowest BCUT2D eigenvalue weighted by molar-refractivity contribution is -0.141. The van der Waals surface area contributed by atoms with Crippen LogP contribution in [-0.2, 0) is 12.7 Å². The van der Waals surface area contributed by atoms with E-state index in [0.717, 1.165) is 34.2 Å². The second-order valence-corrected chi connectivity index (χ2v) is 9.87. The van der Waals surface area contributed by atoms with Crippen molar-refractivity contribution >= 4 is 22.9 Å². The molecule has 0 spiro atoms. The van der Waals surface area contributed by atoms with E-state index in [-0.39, 0.29) is 18.3 Å². The number of benzene rings is 2. The lowest BCUT2D eigenvalue weighted by atomic mass is 10.0. The summed E-state index contributed by atoms with van der Waals surface area (Å²) >= 11 is 1.56. The average Bonchev–Trinajstić information content (AvgIpc) is 3.39. The quantitative estimate of drug-likeness (QED) is 0.328. The van der Waals surface area contributed by atoms with Crippen molar-refractivity contribution in [1.29, 1.82) is 0 Å². The zero-order chi connectivity index (χ0) is 26.2. The van der Waals surface area contributed by atoms with Gasteiger partial charge in [-0.3, -0.25) is 9.69 Å². The Morgan fingerprint density at radius 2 is 2.00 bits per heavy atom. The second-order valence-electron chi connectivity index (χ2n) is 8.95. The minimum absolute atomic E-state index is 0.0919. The maximum absolute atomic E-state index is 13.5. The molecule has 2 aromatic carbocycles. The Morgan fingerprint density at radius 3 is 2.68 bits per heavy atom. The SMILES string of the molecule is CN(C1CC1)C(c1cccc(NC(=O)c2cc(C(F)(F)F)nn2-c2cccc(CN)c2)c1)c1nccs1. The van der Waals surface area contributed by atoms with Gasteiger partial charge in [-0.1, -0.05) is 24.3 Å². The van der Waals surface area contributed by atoms with Crippen LogP contribution in [0.25, 0.3) is 5.69 Å². The monoisotopic (exact) mass is 526 g/mol. The van der Waals surface area contributed by atoms with Gasteiger partial charge in [0.25, 0.3) is 5.91 Å². The summed E-state index contributed by atoms with van der Waals surface area (Å²) in [4.78, 5) is 20.1. The predicted molar refractivity (Wildman–Crippen MR) is 136 cm³/mol. The molecule has 2 aromatic heterocycles. The molecule has 192 valence electrons. The van der Waals surface area contributed by atoms with Crippen molar-refractivity contribution < 1.29 is 18.0 Å². The summed E-state index contributed by atoms with van der Waals surface area (Å²) in [6, 6.07) is 15.0. The number of rotatable bonds is 8. The van der Waals surface area contributed by atoms with Gasteiger partial charge in [-0.15, -0.1) is 11.3 Å². The van der Waals surface area contributed by atoms with Gasteiger partial charge < -0.3 is 11.1 Å². The number of nitrogens with two attached hydrogens (primary N) is 1. The van der Waals surface area contributed by atoms with Gasteiger partial charge >= 0.3 is 6.18 Å². The molecule has 2 heterocycles. The first-order chi connectivity index (χ1) is 17.7. The van der Waals surface area contributed by atoms with Crippen molar-refractivity contribution in [2.75, 3.05) is 12.4 Å². The van der Waals surface area contributed by atoms with Crippen molar-refractivity contribution in [3.63, 3.8) is 0 Å². The molecule has 0 saturated heterocycles. The minimum Gasteiger partial charge on any atom is -0.326 e. The van der Waals surface area contributed by atoms with Crippen LogP contribution in [0, 0.1) is 0 Å². The number of amides is 1. The Labute approximate surface area is 215 Å². The molecule has 1 aliphatic carbocycles. The number of alkyl halides is 3. The van der Waals surface area contributed by atoms with E-state index < -0.39 is 17.8 Å². The number of hydrogen-bond donors (Lipinski definition) is 2. The Hall–Kier alpha value is -3.54. The molecule has 1 amide bonds. The highest BCUT2D eigenvalue weighted by molar-refractivity contribution is 7.09. The maximum atomic E-state index is 13.5. The highest BCUT2D eigenvalue weighted by Crippen LogP contribution is 2.38. The number of nitrogens with one attached hydrogen (secondary N) is 1. The van der Waals surface area contributed by atoms with E-state index in [9.17, 15) is 18.0 Å². The number of aromatic nitrogens is 3. The lowest BCUT2D eigenvalue weighted by Gasteiger charge is -2.27. The summed E-state index contributed by atoms with van der Waals surface area (Å²) in [5.74, 6) is -0.709. The molecule has 1 fully saturated rings. The number of nitrogens with zero attached hydrogens (tertiary/aromatic N) is 4. The first-order valence-corrected chi connectivity index (χ1v) is 12.6. The van der Waals surface area contributed by atoms with Gasteiger partial charge in [0.1, 0.15) is 10.7 Å². The molecule has 4 aromatic rings. The standard InChI is InChI=1S/C26H25F3N6OS/c1-34(19-8-9-19)23(25-31-10-11-37-25)17-5-3-6-18(13-17)32-24(36)21-14-22(26(27,28)29)33-35(21)20-7-2-4-16(12-20)15-30/h2-7,10-14,19,23H,8-9,15,30H2,1H3,(H,32,36). The van der Waals surface area contributed by atoms with Gasteiger partial charge in [0.2, 0.25) is 0 Å². The zero-order valence-corrected chi connectivity index (χ0v) is 20.8. The van der Waals surface area contributed by atoms with Gasteiger partial charge in [0, 0.05) is 35.9 Å². The zero-order valence-electron chi connectivity index (χ0n) is 19.9. The molecular weight excluding hydrogens is 501 g/mol. The predicted octanol–water partition coefficient (Wildman–Crippen LogP) is 5.24. The molecule has 0 radical (unpaired) electrons. The van der Waals surface area contributed by atoms with Crippen LogP contribution in [0.5, 0.6) is 0 Å². The van der Waals surface area contributed by atoms with Gasteiger partial charge in [-0.05, 0) is 55.3 Å². The first-order valence-electron chi connectivity index (χ1n) is 11.7. The van der Waals surface area contributed by atoms with Crippen LogP contribution in [-0.4, -0.2) is 38.7 Å². The van der Waals surface area contributed by atoms with E-state index in [4.69, 9.17) is 5.73 Å². The van der Waals surface area contributed by atoms with Gasteiger partial charge in [-0.25, -0.2) is 9.67 Å². The van der Waals surface area contributed by atoms with Crippen LogP contribution in [0.3, 0.4) is 0 Å². The molecule has 1 atom stereocenters. The minimum atomic E-state index is -4.71. The summed E-state index contributed by atoms with van der Waals surface area (Å²) in [5, 5.41) is 9.31. The van der Waals surface area contributed by atoms with Crippen LogP contribution in [0.2, 0.25) is 0 Å². The fourth-order valence-electron chi connectivity index (χ4n) is 4.29. The molecule has 7 nitrogen and oxygen atoms in total. The van der Waals surface area contributed by atoms with E-state index >= 15 is 0 Å². The number of carbonyl (C=O) groups is 1. The molecule has 0 aliphatic heterocycles. The summed E-state index contributed by atoms with van der Waals surface area (Å²) in [6.45, 7) is 0.200. The van der Waals surface area contributed by atoms with Crippen LogP contribution in [0.4, 0.5) is 18.9 Å². The third-order valence-electron chi connectivity index (χ3n) is 6.30. The maximum Gasteiger partial charge on any atom is 0.435 e. The fourth-order valence-corrected chi connectivity index (χ4v) is 5.10. The van der Waals surface area contributed by atoms with Gasteiger partial charge in [-0.2, -0.15) is 18.3 Å². The van der Waals surface area contributed by atoms with Crippen molar-refractivity contribution in [2.45, 2.75) is 37.6 Å². The lowest BCUT2D eigenvalue weighted by Crippen LogP contribution is -2.27. The van der Waals surface area contributed by atoms with E-state index in [1.165, 1.54) is 0 Å². The number of anilines is 1. The average molecular weight is 527 g/mol. The highest BCUT2D eigenvalue weighted by Gasteiger charge is 2.37. The van der Waals surface area contributed by atoms with E-state index in [0.29, 0.717) is 23.0 Å². The third kappa shape index (κ3) is 5.43. The van der Waals surface area contributed by atoms with Crippen LogP contribution in [0.1, 0.15) is 51.2 Å². The smallest absolute Gasteiger partial charge is 0.326 e. The third-order valence-corrected chi connectivity index (χ3v) is 7.13. The molecule has 1 unspecified atom stereocenters. The topological polar surface area (TPSA) is 89.1 Å². The Bertz CT molecular complexity index is 1400. The molecule has 3 N–H and O–H groups in total. The normalized spacial score (nSPS) is 14.6. The summed E-state index contributed by atoms with van der Waals surface area (Å²) in [5.41, 5.74) is 6.71. The molecular formula is C26H25F3N6OS. The largest absolute Gasteiger partial charge is 0.435 e. The number of halogens is 3. The molecule has 5 rings (SSSR count). The Balaban J connectivity index is 1.47. The van der Waals surface area contributed by atoms with Crippen molar-refractivity contribution in [3.05, 3.63) is 93.7 Å². The molecule has 11 heteroatoms. The second kappa shape index (κ2) is 10.1. The fraction of sp³-hybridized carbons (Fsp3) is 0.269. The highest BCUT2D eigenvalue weighted by atomic mass is 32.1. The van der Waals surface area contributed by atoms with E-state index in [1.807, 2.05) is 23.6 Å². The number of carbonyl (C=O) groups excluding carboxylic acids is 1.